The molecule has 2 rings (SSSR count). The van der Waals surface area contributed by atoms with Gasteiger partial charge in [0.1, 0.15) is 0 Å². The first-order valence-electron chi connectivity index (χ1n) is 5.24. The highest BCUT2D eigenvalue weighted by Crippen LogP contribution is 2.22. The summed E-state index contributed by atoms with van der Waals surface area (Å²) in [7, 11) is 0. The number of hydrogen-bond acceptors (Lipinski definition) is 4. The van der Waals surface area contributed by atoms with E-state index in [1.165, 1.54) is 11.3 Å². The molecule has 2 aromatic heterocycles. The van der Waals surface area contributed by atoms with E-state index in [1.54, 1.807) is 24.4 Å². The van der Waals surface area contributed by atoms with Crippen LogP contribution in [0.4, 0.5) is 5.82 Å². The number of rotatable bonds is 4. The Balaban J connectivity index is 2.15. The fraction of sp³-hybridized carbons (Fsp3) is 0.167. The Labute approximate surface area is 103 Å². The van der Waals surface area contributed by atoms with Gasteiger partial charge in [0.15, 0.2) is 11.6 Å². The summed E-state index contributed by atoms with van der Waals surface area (Å²) in [6, 6.07) is 7.15. The number of nitrogens with one attached hydrogen (secondary N) is 1. The van der Waals surface area contributed by atoms with Gasteiger partial charge in [-0.05, 0) is 30.5 Å². The number of carbonyl (C=O) groups excluding carboxylic acids is 1. The average Bonchev–Trinajstić information content (AvgIpc) is 2.85. The number of ether oxygens (including phenoxy) is 1. The molecule has 0 atom stereocenters. The van der Waals surface area contributed by atoms with Crippen molar-refractivity contribution in [1.82, 2.24) is 4.98 Å². The molecular formula is C12H12N2O2S. The van der Waals surface area contributed by atoms with Crippen LogP contribution in [-0.4, -0.2) is 17.5 Å². The molecule has 2 heterocycles. The number of aromatic nitrogens is 1. The van der Waals surface area contributed by atoms with Crippen molar-refractivity contribution in [1.29, 1.82) is 0 Å². The Kier molecular flexibility index (Phi) is 3.72. The number of thiophene rings is 1. The lowest BCUT2D eigenvalue weighted by molar-refractivity contribution is 0.102. The maximum Gasteiger partial charge on any atom is 0.266 e. The minimum atomic E-state index is -0.167. The average molecular weight is 248 g/mol. The first kappa shape index (κ1) is 11.6. The topological polar surface area (TPSA) is 51.2 Å². The van der Waals surface area contributed by atoms with Gasteiger partial charge in [0.2, 0.25) is 0 Å². The number of pyridine rings is 1. The summed E-state index contributed by atoms with van der Waals surface area (Å²) >= 11 is 1.39. The van der Waals surface area contributed by atoms with E-state index < -0.39 is 0 Å². The van der Waals surface area contributed by atoms with Crippen molar-refractivity contribution in [2.75, 3.05) is 11.9 Å². The van der Waals surface area contributed by atoms with Crippen LogP contribution in [0.25, 0.3) is 0 Å². The number of amides is 1. The van der Waals surface area contributed by atoms with Crippen LogP contribution in [0, 0.1) is 0 Å². The molecule has 0 spiro atoms. The maximum absolute atomic E-state index is 11.8. The van der Waals surface area contributed by atoms with Crippen LogP contribution < -0.4 is 10.1 Å². The molecule has 1 N–H and O–H groups in total. The number of carbonyl (C=O) groups is 1. The lowest BCUT2D eigenvalue weighted by Gasteiger charge is -2.09. The van der Waals surface area contributed by atoms with Crippen molar-refractivity contribution in [3.63, 3.8) is 0 Å². The molecule has 0 aliphatic rings. The molecule has 0 radical (unpaired) electrons. The van der Waals surface area contributed by atoms with Crippen molar-refractivity contribution in [2.45, 2.75) is 6.92 Å². The molecule has 4 nitrogen and oxygen atoms in total. The van der Waals surface area contributed by atoms with Crippen molar-refractivity contribution >= 4 is 23.1 Å². The van der Waals surface area contributed by atoms with Crippen LogP contribution >= 0.6 is 11.3 Å². The van der Waals surface area contributed by atoms with Gasteiger partial charge in [-0.3, -0.25) is 4.79 Å². The molecule has 0 bridgehead atoms. The molecule has 88 valence electrons. The highest BCUT2D eigenvalue weighted by atomic mass is 32.1. The Bertz CT molecular complexity index is 497. The van der Waals surface area contributed by atoms with Crippen molar-refractivity contribution in [3.05, 3.63) is 40.7 Å². The van der Waals surface area contributed by atoms with Gasteiger partial charge in [-0.2, -0.15) is 0 Å². The van der Waals surface area contributed by atoms with Gasteiger partial charge in [-0.1, -0.05) is 6.07 Å². The second kappa shape index (κ2) is 5.45. The first-order valence-corrected chi connectivity index (χ1v) is 6.12. The van der Waals surface area contributed by atoms with Gasteiger partial charge in [-0.25, -0.2) is 4.98 Å². The number of hydrogen-bond donors (Lipinski definition) is 1. The lowest BCUT2D eigenvalue weighted by Crippen LogP contribution is -2.12. The van der Waals surface area contributed by atoms with Gasteiger partial charge < -0.3 is 10.1 Å². The molecule has 0 saturated heterocycles. The smallest absolute Gasteiger partial charge is 0.266 e. The second-order valence-electron chi connectivity index (χ2n) is 3.21. The summed E-state index contributed by atoms with van der Waals surface area (Å²) in [4.78, 5) is 16.6. The number of anilines is 1. The van der Waals surface area contributed by atoms with Gasteiger partial charge in [0.25, 0.3) is 5.91 Å². The Hall–Kier alpha value is -1.88. The minimum Gasteiger partial charge on any atom is -0.490 e. The Morgan fingerprint density at radius 3 is 3.06 bits per heavy atom. The fourth-order valence-electron chi connectivity index (χ4n) is 1.33. The predicted molar refractivity (Wildman–Crippen MR) is 67.7 cm³/mol. The molecule has 0 aliphatic heterocycles. The standard InChI is InChI=1S/C12H12N2O2S/c1-2-16-9-5-3-7-13-11(9)14-12(15)10-6-4-8-17-10/h3-8H,2H2,1H3,(H,13,14,15). The Morgan fingerprint density at radius 2 is 2.35 bits per heavy atom. The third kappa shape index (κ3) is 2.82. The molecular weight excluding hydrogens is 236 g/mol. The first-order chi connectivity index (χ1) is 8.31. The molecule has 0 fully saturated rings. The van der Waals surface area contributed by atoms with Crippen LogP contribution in [0.2, 0.25) is 0 Å². The van der Waals surface area contributed by atoms with E-state index in [9.17, 15) is 4.79 Å². The monoisotopic (exact) mass is 248 g/mol. The van der Waals surface area contributed by atoms with E-state index in [-0.39, 0.29) is 5.91 Å². The minimum absolute atomic E-state index is 0.167. The molecule has 2 aromatic rings. The molecule has 17 heavy (non-hydrogen) atoms. The SMILES string of the molecule is CCOc1cccnc1NC(=O)c1cccs1. The van der Waals surface area contributed by atoms with Gasteiger partial charge in [-0.15, -0.1) is 11.3 Å². The third-order valence-electron chi connectivity index (χ3n) is 2.05. The van der Waals surface area contributed by atoms with Crippen molar-refractivity contribution < 1.29 is 9.53 Å². The maximum atomic E-state index is 11.8. The van der Waals surface area contributed by atoms with E-state index in [1.807, 2.05) is 18.4 Å². The molecule has 0 saturated carbocycles. The molecule has 0 aliphatic carbocycles. The van der Waals surface area contributed by atoms with E-state index in [4.69, 9.17) is 4.74 Å². The predicted octanol–water partition coefficient (Wildman–Crippen LogP) is 2.79. The van der Waals surface area contributed by atoms with Crippen LogP contribution in [0.3, 0.4) is 0 Å². The zero-order chi connectivity index (χ0) is 12.1. The second-order valence-corrected chi connectivity index (χ2v) is 4.16. The molecule has 5 heteroatoms. The van der Waals surface area contributed by atoms with Crippen LogP contribution in [0.15, 0.2) is 35.8 Å². The van der Waals surface area contributed by atoms with Gasteiger partial charge in [0, 0.05) is 6.20 Å². The quantitative estimate of drug-likeness (QED) is 0.905. The van der Waals surface area contributed by atoms with E-state index in [0.717, 1.165) is 0 Å². The van der Waals surface area contributed by atoms with Crippen LogP contribution in [-0.2, 0) is 0 Å². The van der Waals surface area contributed by atoms with E-state index in [2.05, 4.69) is 10.3 Å². The van der Waals surface area contributed by atoms with Crippen molar-refractivity contribution in [3.8, 4) is 5.75 Å². The van der Waals surface area contributed by atoms with Crippen molar-refractivity contribution in [2.24, 2.45) is 0 Å². The van der Waals surface area contributed by atoms with Gasteiger partial charge in [0.05, 0.1) is 11.5 Å². The molecule has 0 aromatic carbocycles. The van der Waals surface area contributed by atoms with Gasteiger partial charge >= 0.3 is 0 Å². The summed E-state index contributed by atoms with van der Waals surface area (Å²) < 4.78 is 5.38. The lowest BCUT2D eigenvalue weighted by atomic mass is 10.4. The molecule has 0 unspecified atom stereocenters. The fourth-order valence-corrected chi connectivity index (χ4v) is 1.95. The Morgan fingerprint density at radius 1 is 1.47 bits per heavy atom. The summed E-state index contributed by atoms with van der Waals surface area (Å²) in [5.74, 6) is 0.868. The summed E-state index contributed by atoms with van der Waals surface area (Å²) in [5, 5.41) is 4.59. The van der Waals surface area contributed by atoms with E-state index >= 15 is 0 Å². The molecule has 1 amide bonds. The normalized spacial score (nSPS) is 9.94. The highest BCUT2D eigenvalue weighted by Gasteiger charge is 2.11. The van der Waals surface area contributed by atoms with Crippen LogP contribution in [0.1, 0.15) is 16.6 Å². The zero-order valence-corrected chi connectivity index (χ0v) is 10.2. The summed E-state index contributed by atoms with van der Waals surface area (Å²) in [6.07, 6.45) is 1.62. The summed E-state index contributed by atoms with van der Waals surface area (Å²) in [6.45, 7) is 2.42. The highest BCUT2D eigenvalue weighted by molar-refractivity contribution is 7.12. The summed E-state index contributed by atoms with van der Waals surface area (Å²) in [5.41, 5.74) is 0. The largest absolute Gasteiger partial charge is 0.490 e. The third-order valence-corrected chi connectivity index (χ3v) is 2.92. The number of nitrogens with zero attached hydrogens (tertiary/aromatic N) is 1. The zero-order valence-electron chi connectivity index (χ0n) is 9.34. The van der Waals surface area contributed by atoms with Crippen LogP contribution in [0.5, 0.6) is 5.75 Å². The van der Waals surface area contributed by atoms with E-state index in [0.29, 0.717) is 23.1 Å².